The molecule has 4 rings (SSSR count). The number of rotatable bonds is 4. The highest BCUT2D eigenvalue weighted by atomic mass is 15.6. The Bertz CT molecular complexity index is 821. The molecule has 0 unspecified atom stereocenters. The van der Waals surface area contributed by atoms with E-state index in [0.29, 0.717) is 0 Å². The maximum Gasteiger partial charge on any atom is 0.250 e. The molecule has 1 saturated heterocycles. The Kier molecular flexibility index (Phi) is 4.43. The van der Waals surface area contributed by atoms with Gasteiger partial charge in [0.1, 0.15) is 0 Å². The van der Waals surface area contributed by atoms with Gasteiger partial charge in [0.15, 0.2) is 0 Å². The summed E-state index contributed by atoms with van der Waals surface area (Å²) >= 11 is 0. The summed E-state index contributed by atoms with van der Waals surface area (Å²) in [5.74, 6) is 0.821. The van der Waals surface area contributed by atoms with Crippen molar-refractivity contribution < 1.29 is 0 Å². The first-order valence-corrected chi connectivity index (χ1v) is 8.67. The van der Waals surface area contributed by atoms with E-state index in [-0.39, 0.29) is 0 Å². The quantitative estimate of drug-likeness (QED) is 0.733. The van der Waals surface area contributed by atoms with Gasteiger partial charge in [-0.25, -0.2) is 0 Å². The molecule has 1 fully saturated rings. The number of aromatic nitrogens is 4. The number of hydrogen-bond donors (Lipinski definition) is 0. The molecule has 2 heterocycles. The largest absolute Gasteiger partial charge is 0.337 e. The first-order chi connectivity index (χ1) is 12.3. The van der Waals surface area contributed by atoms with Gasteiger partial charge in [0.05, 0.1) is 5.69 Å². The summed E-state index contributed by atoms with van der Waals surface area (Å²) in [7, 11) is 0. The molecule has 2 aromatic carbocycles. The Balaban J connectivity index is 1.43. The molecule has 6 nitrogen and oxygen atoms in total. The van der Waals surface area contributed by atoms with E-state index in [1.54, 1.807) is 0 Å². The van der Waals surface area contributed by atoms with Crippen LogP contribution in [0.4, 0.5) is 5.95 Å². The highest BCUT2D eigenvalue weighted by molar-refractivity contribution is 5.40. The number of nitrogens with zero attached hydrogens (tertiary/aromatic N) is 6. The van der Waals surface area contributed by atoms with Gasteiger partial charge in [-0.05, 0) is 40.6 Å². The smallest absolute Gasteiger partial charge is 0.250 e. The second kappa shape index (κ2) is 7.03. The summed E-state index contributed by atoms with van der Waals surface area (Å²) in [6.07, 6.45) is 0. The molecule has 0 N–H and O–H groups in total. The molecule has 25 heavy (non-hydrogen) atoms. The fraction of sp³-hybridized carbons (Fsp3) is 0.316. The maximum absolute atomic E-state index is 4.25. The number of hydrogen-bond acceptors (Lipinski definition) is 5. The van der Waals surface area contributed by atoms with Gasteiger partial charge in [-0.1, -0.05) is 47.6 Å². The average Bonchev–Trinajstić information content (AvgIpc) is 3.15. The van der Waals surface area contributed by atoms with Crippen molar-refractivity contribution in [1.29, 1.82) is 0 Å². The molecule has 0 bridgehead atoms. The minimum absolute atomic E-state index is 0.821. The van der Waals surface area contributed by atoms with Crippen LogP contribution in [-0.4, -0.2) is 51.3 Å². The van der Waals surface area contributed by atoms with Crippen LogP contribution in [-0.2, 0) is 6.54 Å². The SMILES string of the molecule is Cc1ccccc1CN1CCN(c2nnnn2-c2ccccc2)CC1. The third-order valence-corrected chi connectivity index (χ3v) is 4.76. The van der Waals surface area contributed by atoms with E-state index in [0.717, 1.165) is 44.4 Å². The first kappa shape index (κ1) is 15.8. The zero-order valence-corrected chi connectivity index (χ0v) is 14.4. The number of tetrazole rings is 1. The van der Waals surface area contributed by atoms with Crippen molar-refractivity contribution in [3.63, 3.8) is 0 Å². The number of aryl methyl sites for hydroxylation is 1. The Morgan fingerprint density at radius 3 is 2.36 bits per heavy atom. The van der Waals surface area contributed by atoms with E-state index in [1.807, 2.05) is 35.0 Å². The van der Waals surface area contributed by atoms with E-state index >= 15 is 0 Å². The van der Waals surface area contributed by atoms with Crippen molar-refractivity contribution >= 4 is 5.95 Å². The van der Waals surface area contributed by atoms with Gasteiger partial charge in [0.25, 0.3) is 0 Å². The van der Waals surface area contributed by atoms with Gasteiger partial charge in [-0.3, -0.25) is 4.90 Å². The van der Waals surface area contributed by atoms with Crippen LogP contribution in [0, 0.1) is 6.92 Å². The van der Waals surface area contributed by atoms with E-state index in [9.17, 15) is 0 Å². The summed E-state index contributed by atoms with van der Waals surface area (Å²) in [6, 6.07) is 18.7. The van der Waals surface area contributed by atoms with Crippen LogP contribution in [0.2, 0.25) is 0 Å². The predicted molar refractivity (Wildman–Crippen MR) is 97.8 cm³/mol. The van der Waals surface area contributed by atoms with E-state index < -0.39 is 0 Å². The van der Waals surface area contributed by atoms with E-state index in [4.69, 9.17) is 0 Å². The van der Waals surface area contributed by atoms with Gasteiger partial charge in [0.2, 0.25) is 5.95 Å². The van der Waals surface area contributed by atoms with Crippen molar-refractivity contribution in [2.45, 2.75) is 13.5 Å². The molecule has 0 amide bonds. The van der Waals surface area contributed by atoms with Crippen molar-refractivity contribution in [2.75, 3.05) is 31.1 Å². The highest BCUT2D eigenvalue weighted by Crippen LogP contribution is 2.18. The molecule has 128 valence electrons. The fourth-order valence-corrected chi connectivity index (χ4v) is 3.25. The minimum Gasteiger partial charge on any atom is -0.337 e. The molecule has 1 aliphatic heterocycles. The number of para-hydroxylation sites is 1. The highest BCUT2D eigenvalue weighted by Gasteiger charge is 2.22. The average molecular weight is 334 g/mol. The molecule has 0 saturated carbocycles. The maximum atomic E-state index is 4.25. The summed E-state index contributed by atoms with van der Waals surface area (Å²) in [6.45, 7) is 7.06. The minimum atomic E-state index is 0.821. The van der Waals surface area contributed by atoms with Crippen LogP contribution in [0.25, 0.3) is 5.69 Å². The Hall–Kier alpha value is -2.73. The lowest BCUT2D eigenvalue weighted by Crippen LogP contribution is -2.46. The van der Waals surface area contributed by atoms with E-state index in [2.05, 4.69) is 56.5 Å². The van der Waals surface area contributed by atoms with Crippen molar-refractivity contribution in [2.24, 2.45) is 0 Å². The van der Waals surface area contributed by atoms with E-state index in [1.165, 1.54) is 11.1 Å². The zero-order valence-electron chi connectivity index (χ0n) is 14.4. The lowest BCUT2D eigenvalue weighted by atomic mass is 10.1. The molecule has 0 atom stereocenters. The van der Waals surface area contributed by atoms with Gasteiger partial charge >= 0.3 is 0 Å². The molecule has 6 heteroatoms. The Morgan fingerprint density at radius 1 is 0.880 bits per heavy atom. The van der Waals surface area contributed by atoms with Gasteiger partial charge in [0, 0.05) is 32.7 Å². The summed E-state index contributed by atoms with van der Waals surface area (Å²) < 4.78 is 1.82. The number of piperazine rings is 1. The summed E-state index contributed by atoms with van der Waals surface area (Å²) in [5.41, 5.74) is 3.76. The molecule has 0 aliphatic carbocycles. The van der Waals surface area contributed by atoms with Crippen molar-refractivity contribution in [3.05, 3.63) is 65.7 Å². The van der Waals surface area contributed by atoms with Crippen LogP contribution >= 0.6 is 0 Å². The van der Waals surface area contributed by atoms with Crippen LogP contribution in [0.1, 0.15) is 11.1 Å². The van der Waals surface area contributed by atoms with Crippen LogP contribution < -0.4 is 4.90 Å². The van der Waals surface area contributed by atoms with Gasteiger partial charge in [-0.2, -0.15) is 4.68 Å². The summed E-state index contributed by atoms with van der Waals surface area (Å²) in [4.78, 5) is 4.76. The second-order valence-electron chi connectivity index (χ2n) is 6.42. The first-order valence-electron chi connectivity index (χ1n) is 8.67. The van der Waals surface area contributed by atoms with Crippen LogP contribution in [0.3, 0.4) is 0 Å². The number of anilines is 1. The Morgan fingerprint density at radius 2 is 1.60 bits per heavy atom. The second-order valence-corrected chi connectivity index (χ2v) is 6.42. The monoisotopic (exact) mass is 334 g/mol. The Labute approximate surface area is 147 Å². The van der Waals surface area contributed by atoms with Crippen molar-refractivity contribution in [3.8, 4) is 5.69 Å². The van der Waals surface area contributed by atoms with Crippen LogP contribution in [0.15, 0.2) is 54.6 Å². The topological polar surface area (TPSA) is 50.1 Å². The zero-order chi connectivity index (χ0) is 17.1. The molecular weight excluding hydrogens is 312 g/mol. The van der Waals surface area contributed by atoms with Crippen LogP contribution in [0.5, 0.6) is 0 Å². The lowest BCUT2D eigenvalue weighted by molar-refractivity contribution is 0.248. The van der Waals surface area contributed by atoms with Gasteiger partial charge < -0.3 is 4.90 Å². The predicted octanol–water partition coefficient (Wildman–Crippen LogP) is 2.29. The molecule has 0 radical (unpaired) electrons. The molecule has 0 spiro atoms. The lowest BCUT2D eigenvalue weighted by Gasteiger charge is -2.35. The van der Waals surface area contributed by atoms with Crippen molar-refractivity contribution in [1.82, 2.24) is 25.1 Å². The van der Waals surface area contributed by atoms with Gasteiger partial charge in [-0.15, -0.1) is 0 Å². The third kappa shape index (κ3) is 3.39. The molecule has 1 aliphatic rings. The standard InChI is InChI=1S/C19H22N6/c1-16-7-5-6-8-17(16)15-23-11-13-24(14-12-23)19-20-21-22-25(19)18-9-3-2-4-10-18/h2-10H,11-15H2,1H3. The summed E-state index contributed by atoms with van der Waals surface area (Å²) in [5, 5.41) is 12.3. The third-order valence-electron chi connectivity index (χ3n) is 4.76. The normalized spacial score (nSPS) is 15.5. The fourth-order valence-electron chi connectivity index (χ4n) is 3.25. The molecule has 1 aromatic heterocycles. The molecular formula is C19H22N6. The molecule has 3 aromatic rings. The number of benzene rings is 2.